The summed E-state index contributed by atoms with van der Waals surface area (Å²) in [5, 5.41) is 0. The van der Waals surface area contributed by atoms with Crippen LogP contribution in [0.5, 0.6) is 11.5 Å². The van der Waals surface area contributed by atoms with Crippen LogP contribution in [-0.2, 0) is 9.53 Å². The maximum absolute atomic E-state index is 13.7. The zero-order valence-corrected chi connectivity index (χ0v) is 21.8. The van der Waals surface area contributed by atoms with E-state index in [1.807, 2.05) is 0 Å². The zero-order chi connectivity index (χ0) is 26.7. The highest BCUT2D eigenvalue weighted by Crippen LogP contribution is 2.36. The lowest BCUT2D eigenvalue weighted by Crippen LogP contribution is -2.40. The number of carbonyl (C=O) groups is 1. The number of hydrogen-bond donors (Lipinski definition) is 0. The van der Waals surface area contributed by atoms with Gasteiger partial charge in [-0.15, -0.1) is 0 Å². The molecule has 0 N–H and O–H groups in total. The Labute approximate surface area is 217 Å². The van der Waals surface area contributed by atoms with E-state index < -0.39 is 12.0 Å². The number of halogens is 1. The second kappa shape index (κ2) is 11.0. The largest absolute Gasteiger partial charge is 0.493 e. The number of carbonyl (C=O) groups excluding carboxylic acids is 1. The number of esters is 1. The Hall–Kier alpha value is -3.98. The van der Waals surface area contributed by atoms with Crippen molar-refractivity contribution in [2.24, 2.45) is 4.99 Å². The Kier molecular flexibility index (Phi) is 7.73. The molecule has 0 fully saturated rings. The molecular weight excluding hydrogens is 495 g/mol. The zero-order valence-electron chi connectivity index (χ0n) is 21.0. The van der Waals surface area contributed by atoms with E-state index in [0.29, 0.717) is 44.3 Å². The highest BCUT2D eigenvalue weighted by molar-refractivity contribution is 7.07. The molecule has 4 rings (SSSR count). The van der Waals surface area contributed by atoms with E-state index in [4.69, 9.17) is 14.2 Å². The molecule has 1 atom stereocenters. The molecule has 1 aliphatic rings. The van der Waals surface area contributed by atoms with E-state index in [1.165, 1.54) is 35.1 Å². The van der Waals surface area contributed by atoms with E-state index in [9.17, 15) is 14.0 Å². The van der Waals surface area contributed by atoms with Crippen molar-refractivity contribution in [2.45, 2.75) is 32.9 Å². The molecule has 192 valence electrons. The fourth-order valence-electron chi connectivity index (χ4n) is 4.01. The molecular formula is C28H27FN2O5S. The Morgan fingerprint density at radius 2 is 1.95 bits per heavy atom. The van der Waals surface area contributed by atoms with Crippen LogP contribution in [0.4, 0.5) is 4.39 Å². The van der Waals surface area contributed by atoms with Gasteiger partial charge in [-0.25, -0.2) is 14.2 Å². The third-order valence-electron chi connectivity index (χ3n) is 5.61. The fourth-order valence-corrected chi connectivity index (χ4v) is 5.05. The molecule has 0 bridgehead atoms. The highest BCUT2D eigenvalue weighted by atomic mass is 32.1. The van der Waals surface area contributed by atoms with Crippen molar-refractivity contribution in [3.63, 3.8) is 0 Å². The van der Waals surface area contributed by atoms with Gasteiger partial charge in [0.15, 0.2) is 16.3 Å². The van der Waals surface area contributed by atoms with Crippen LogP contribution in [-0.4, -0.2) is 30.4 Å². The molecule has 1 aromatic heterocycles. The summed E-state index contributed by atoms with van der Waals surface area (Å²) in [7, 11) is 1.52. The van der Waals surface area contributed by atoms with Gasteiger partial charge in [-0.3, -0.25) is 9.36 Å². The molecule has 1 unspecified atom stereocenters. The van der Waals surface area contributed by atoms with Gasteiger partial charge in [0, 0.05) is 0 Å². The first-order chi connectivity index (χ1) is 17.7. The normalized spacial score (nSPS) is 15.3. The predicted molar refractivity (Wildman–Crippen MR) is 140 cm³/mol. The molecule has 0 amide bonds. The summed E-state index contributed by atoms with van der Waals surface area (Å²) in [5.74, 6) is 0.0258. The molecule has 7 nitrogen and oxygen atoms in total. The average molecular weight is 523 g/mol. The first-order valence-corrected chi connectivity index (χ1v) is 12.5. The standard InChI is InChI=1S/C28H27FN2O5S/c1-6-13-35-21-12-9-19(15-22(21)34-5)25-24(27(33)36-16(2)3)17(4)30-28-31(25)26(32)23(37-28)14-18-7-10-20(29)11-8-18/h6-12,14-16,25H,1,13H2,2-5H3/b23-14-. The van der Waals surface area contributed by atoms with Crippen LogP contribution in [0.15, 0.2) is 76.2 Å². The smallest absolute Gasteiger partial charge is 0.338 e. The fraction of sp³-hybridized carbons (Fsp3) is 0.250. The van der Waals surface area contributed by atoms with Crippen molar-refractivity contribution in [2.75, 3.05) is 13.7 Å². The Balaban J connectivity index is 1.93. The summed E-state index contributed by atoms with van der Waals surface area (Å²) in [6.07, 6.45) is 2.94. The summed E-state index contributed by atoms with van der Waals surface area (Å²) in [5.41, 5.74) is 1.69. The number of rotatable bonds is 8. The lowest BCUT2D eigenvalue weighted by Gasteiger charge is -2.26. The second-order valence-corrected chi connectivity index (χ2v) is 9.61. The minimum absolute atomic E-state index is 0.260. The molecule has 1 aliphatic heterocycles. The molecule has 0 radical (unpaired) electrons. The minimum atomic E-state index is -0.805. The third-order valence-corrected chi connectivity index (χ3v) is 6.60. The molecule has 0 saturated carbocycles. The van der Waals surface area contributed by atoms with Crippen molar-refractivity contribution in [3.8, 4) is 11.5 Å². The molecule has 2 heterocycles. The predicted octanol–water partition coefficient (Wildman–Crippen LogP) is 3.90. The van der Waals surface area contributed by atoms with Gasteiger partial charge >= 0.3 is 5.97 Å². The lowest BCUT2D eigenvalue weighted by molar-refractivity contribution is -0.143. The number of allylic oxidation sites excluding steroid dienone is 1. The number of ether oxygens (including phenoxy) is 3. The van der Waals surface area contributed by atoms with Crippen LogP contribution in [0.2, 0.25) is 0 Å². The molecule has 2 aromatic carbocycles. The maximum atomic E-state index is 13.7. The van der Waals surface area contributed by atoms with E-state index in [0.717, 1.165) is 0 Å². The lowest BCUT2D eigenvalue weighted by atomic mass is 9.95. The summed E-state index contributed by atoms with van der Waals surface area (Å²) in [6.45, 7) is 9.19. The summed E-state index contributed by atoms with van der Waals surface area (Å²) < 4.78 is 32.0. The van der Waals surface area contributed by atoms with E-state index in [-0.39, 0.29) is 23.1 Å². The van der Waals surface area contributed by atoms with E-state index in [2.05, 4.69) is 11.6 Å². The summed E-state index contributed by atoms with van der Waals surface area (Å²) >= 11 is 1.20. The van der Waals surface area contributed by atoms with Crippen molar-refractivity contribution in [3.05, 3.63) is 103 Å². The van der Waals surface area contributed by atoms with Crippen molar-refractivity contribution in [1.29, 1.82) is 0 Å². The van der Waals surface area contributed by atoms with Gasteiger partial charge in [0.1, 0.15) is 12.4 Å². The third kappa shape index (κ3) is 5.41. The van der Waals surface area contributed by atoms with E-state index >= 15 is 0 Å². The van der Waals surface area contributed by atoms with Crippen LogP contribution >= 0.6 is 11.3 Å². The average Bonchev–Trinajstić information content (AvgIpc) is 3.16. The van der Waals surface area contributed by atoms with Gasteiger partial charge in [0.2, 0.25) is 0 Å². The number of benzene rings is 2. The van der Waals surface area contributed by atoms with Gasteiger partial charge in [-0.05, 0) is 62.2 Å². The molecule has 3 aromatic rings. The molecule has 9 heteroatoms. The van der Waals surface area contributed by atoms with Crippen molar-refractivity contribution < 1.29 is 23.4 Å². The molecule has 0 aliphatic carbocycles. The van der Waals surface area contributed by atoms with E-state index in [1.54, 1.807) is 63.3 Å². The van der Waals surface area contributed by atoms with Crippen LogP contribution in [0.1, 0.15) is 37.9 Å². The van der Waals surface area contributed by atoms with Gasteiger partial charge in [0.25, 0.3) is 5.56 Å². The SMILES string of the molecule is C=CCOc1ccc(C2C(C(=O)OC(C)C)=C(C)N=c3s/c(=C\c4ccc(F)cc4)c(=O)n32)cc1OC. The first kappa shape index (κ1) is 26.1. The first-order valence-electron chi connectivity index (χ1n) is 11.6. The molecule has 0 saturated heterocycles. The van der Waals surface area contributed by atoms with Gasteiger partial charge in [0.05, 0.1) is 35.1 Å². The Morgan fingerprint density at radius 1 is 1.22 bits per heavy atom. The number of methoxy groups -OCH3 is 1. The van der Waals surface area contributed by atoms with Crippen molar-refractivity contribution >= 4 is 23.4 Å². The Morgan fingerprint density at radius 3 is 2.59 bits per heavy atom. The van der Waals surface area contributed by atoms with Gasteiger partial charge in [-0.2, -0.15) is 0 Å². The number of thiazole rings is 1. The number of nitrogens with zero attached hydrogens (tertiary/aromatic N) is 2. The number of fused-ring (bicyclic) bond motifs is 1. The second-order valence-electron chi connectivity index (χ2n) is 8.60. The van der Waals surface area contributed by atoms with Crippen LogP contribution in [0.25, 0.3) is 6.08 Å². The van der Waals surface area contributed by atoms with Crippen LogP contribution in [0, 0.1) is 5.82 Å². The Bertz CT molecular complexity index is 1550. The van der Waals surface area contributed by atoms with Gasteiger partial charge < -0.3 is 14.2 Å². The maximum Gasteiger partial charge on any atom is 0.338 e. The molecule has 0 spiro atoms. The van der Waals surface area contributed by atoms with Crippen molar-refractivity contribution in [1.82, 2.24) is 4.57 Å². The minimum Gasteiger partial charge on any atom is -0.493 e. The number of aromatic nitrogens is 1. The summed E-state index contributed by atoms with van der Waals surface area (Å²) in [6, 6.07) is 10.3. The van der Waals surface area contributed by atoms with Crippen LogP contribution in [0.3, 0.4) is 0 Å². The number of hydrogen-bond acceptors (Lipinski definition) is 7. The quantitative estimate of drug-likeness (QED) is 0.331. The summed E-state index contributed by atoms with van der Waals surface area (Å²) in [4.78, 5) is 32.0. The topological polar surface area (TPSA) is 79.1 Å². The van der Waals surface area contributed by atoms with Gasteiger partial charge in [-0.1, -0.05) is 42.2 Å². The highest BCUT2D eigenvalue weighted by Gasteiger charge is 2.34. The monoisotopic (exact) mass is 522 g/mol. The molecule has 37 heavy (non-hydrogen) atoms. The van der Waals surface area contributed by atoms with Crippen LogP contribution < -0.4 is 24.4 Å².